The van der Waals surface area contributed by atoms with E-state index in [0.717, 1.165) is 17.0 Å². The lowest BCUT2D eigenvalue weighted by Gasteiger charge is -2.20. The van der Waals surface area contributed by atoms with E-state index in [1.54, 1.807) is 0 Å². The molecule has 1 fully saturated rings. The number of aromatic carboxylic acids is 1. The minimum Gasteiger partial charge on any atom is -0.478 e. The summed E-state index contributed by atoms with van der Waals surface area (Å²) in [6.07, 6.45) is -0.230. The number of carbonyl (C=O) groups is 2. The van der Waals surface area contributed by atoms with Gasteiger partial charge in [0.15, 0.2) is 0 Å². The molecule has 1 aliphatic heterocycles. The molecule has 10 heteroatoms. The van der Waals surface area contributed by atoms with Crippen LogP contribution in [0.1, 0.15) is 16.8 Å². The van der Waals surface area contributed by atoms with Crippen molar-refractivity contribution < 1.29 is 31.4 Å². The van der Waals surface area contributed by atoms with Crippen molar-refractivity contribution in [2.75, 3.05) is 17.2 Å². The molecule has 0 aromatic heterocycles. The summed E-state index contributed by atoms with van der Waals surface area (Å²) in [6.45, 7) is -0.160. The van der Waals surface area contributed by atoms with Crippen molar-refractivity contribution in [3.8, 4) is 0 Å². The van der Waals surface area contributed by atoms with Crippen LogP contribution in [-0.2, 0) is 15.0 Å². The molecular formula is C12H10BrF2NO5S. The highest BCUT2D eigenvalue weighted by atomic mass is 79.9. The average Bonchev–Trinajstić information content (AvgIpc) is 2.66. The van der Waals surface area contributed by atoms with E-state index in [9.17, 15) is 26.3 Å². The van der Waals surface area contributed by atoms with Gasteiger partial charge in [0.2, 0.25) is 5.91 Å². The summed E-state index contributed by atoms with van der Waals surface area (Å²) in [5, 5.41) is 9.13. The van der Waals surface area contributed by atoms with Gasteiger partial charge in [0.05, 0.1) is 17.0 Å². The van der Waals surface area contributed by atoms with Crippen LogP contribution in [0.2, 0.25) is 0 Å². The zero-order valence-corrected chi connectivity index (χ0v) is 13.3. The van der Waals surface area contributed by atoms with Gasteiger partial charge >= 0.3 is 16.2 Å². The van der Waals surface area contributed by atoms with Crippen LogP contribution >= 0.6 is 15.9 Å². The van der Waals surface area contributed by atoms with Gasteiger partial charge in [-0.15, -0.1) is 3.89 Å². The second-order valence-electron chi connectivity index (χ2n) is 4.87. The molecule has 0 saturated carbocycles. The summed E-state index contributed by atoms with van der Waals surface area (Å²) in [6, 6.07) is 1.75. The summed E-state index contributed by atoms with van der Waals surface area (Å²) in [4.78, 5) is 24.2. The molecule has 0 spiro atoms. The number of halogens is 3. The first-order chi connectivity index (χ1) is 10.1. The van der Waals surface area contributed by atoms with Crippen molar-refractivity contribution in [1.29, 1.82) is 0 Å². The smallest absolute Gasteiger partial charge is 0.337 e. The lowest BCUT2D eigenvalue weighted by atomic mass is 10.1. The lowest BCUT2D eigenvalue weighted by Crippen LogP contribution is -2.28. The standard InChI is InChI=1S/C12H10BrF2NO5S/c13-9-3-7(14)2-8(12(18)19)11(9)16-4-6(1-10(16)17)5-22(15,20)21/h2-3,6H,1,4-5H2,(H,18,19). The molecule has 1 N–H and O–H groups in total. The van der Waals surface area contributed by atoms with Gasteiger partial charge in [0.25, 0.3) is 0 Å². The summed E-state index contributed by atoms with van der Waals surface area (Å²) in [5.74, 6) is -4.41. The fourth-order valence-corrected chi connectivity index (χ4v) is 3.83. The quantitative estimate of drug-likeness (QED) is 0.783. The van der Waals surface area contributed by atoms with Crippen molar-refractivity contribution in [1.82, 2.24) is 0 Å². The van der Waals surface area contributed by atoms with Gasteiger partial charge in [-0.05, 0) is 28.1 Å². The predicted octanol–water partition coefficient (Wildman–Crippen LogP) is 1.94. The number of anilines is 1. The van der Waals surface area contributed by atoms with E-state index in [1.165, 1.54) is 0 Å². The van der Waals surface area contributed by atoms with Crippen LogP contribution in [0.5, 0.6) is 0 Å². The first kappa shape index (κ1) is 16.8. The largest absolute Gasteiger partial charge is 0.478 e. The van der Waals surface area contributed by atoms with E-state index in [0.29, 0.717) is 0 Å². The fourth-order valence-electron chi connectivity index (χ4n) is 2.39. The Morgan fingerprint density at radius 1 is 1.45 bits per heavy atom. The molecule has 1 amide bonds. The number of carbonyl (C=O) groups excluding carboxylic acids is 1. The molecule has 0 aliphatic carbocycles. The first-order valence-electron chi connectivity index (χ1n) is 6.03. The molecule has 1 unspecified atom stereocenters. The van der Waals surface area contributed by atoms with Gasteiger partial charge in [0.1, 0.15) is 5.82 Å². The molecule has 6 nitrogen and oxygen atoms in total. The minimum absolute atomic E-state index is 0.0435. The second kappa shape index (κ2) is 5.92. The summed E-state index contributed by atoms with van der Waals surface area (Å²) >= 11 is 3.00. The van der Waals surface area contributed by atoms with Crippen molar-refractivity contribution in [3.63, 3.8) is 0 Å². The Labute approximate surface area is 133 Å². The van der Waals surface area contributed by atoms with Gasteiger partial charge in [0, 0.05) is 23.4 Å². The Morgan fingerprint density at radius 2 is 2.09 bits per heavy atom. The number of hydrogen-bond donors (Lipinski definition) is 1. The summed E-state index contributed by atoms with van der Waals surface area (Å²) in [5.41, 5.74) is -0.512. The Balaban J connectivity index is 2.40. The van der Waals surface area contributed by atoms with Crippen LogP contribution in [0.4, 0.5) is 14.0 Å². The normalized spacial score (nSPS) is 18.8. The maximum absolute atomic E-state index is 13.3. The minimum atomic E-state index is -4.75. The molecule has 1 aromatic carbocycles. The van der Waals surface area contributed by atoms with Crippen molar-refractivity contribution in [2.45, 2.75) is 6.42 Å². The van der Waals surface area contributed by atoms with Crippen molar-refractivity contribution >= 4 is 43.7 Å². The third-order valence-electron chi connectivity index (χ3n) is 3.17. The van der Waals surface area contributed by atoms with E-state index in [-0.39, 0.29) is 23.1 Å². The number of rotatable bonds is 4. The van der Waals surface area contributed by atoms with E-state index < -0.39 is 45.2 Å². The van der Waals surface area contributed by atoms with E-state index in [2.05, 4.69) is 15.9 Å². The van der Waals surface area contributed by atoms with Crippen LogP contribution in [0, 0.1) is 11.7 Å². The number of amides is 1. The van der Waals surface area contributed by atoms with Crippen LogP contribution in [0.25, 0.3) is 0 Å². The van der Waals surface area contributed by atoms with Gasteiger partial charge in [-0.25, -0.2) is 9.18 Å². The van der Waals surface area contributed by atoms with E-state index >= 15 is 0 Å². The molecule has 1 aromatic rings. The number of carboxylic acid groups (broad SMARTS) is 1. The van der Waals surface area contributed by atoms with E-state index in [4.69, 9.17) is 5.11 Å². The van der Waals surface area contributed by atoms with Crippen LogP contribution < -0.4 is 4.90 Å². The lowest BCUT2D eigenvalue weighted by molar-refractivity contribution is -0.117. The molecule has 22 heavy (non-hydrogen) atoms. The first-order valence-corrected chi connectivity index (χ1v) is 8.38. The highest BCUT2D eigenvalue weighted by molar-refractivity contribution is 9.10. The van der Waals surface area contributed by atoms with E-state index in [1.807, 2.05) is 0 Å². The SMILES string of the molecule is O=C(O)c1cc(F)cc(Br)c1N1CC(CS(=O)(=O)F)CC1=O. The third kappa shape index (κ3) is 3.61. The number of hydrogen-bond acceptors (Lipinski definition) is 4. The number of nitrogens with zero attached hydrogens (tertiary/aromatic N) is 1. The topological polar surface area (TPSA) is 91.8 Å². The predicted molar refractivity (Wildman–Crippen MR) is 76.4 cm³/mol. The molecule has 120 valence electrons. The molecule has 2 rings (SSSR count). The highest BCUT2D eigenvalue weighted by Crippen LogP contribution is 2.36. The Kier molecular flexibility index (Phi) is 4.52. The van der Waals surface area contributed by atoms with Gasteiger partial charge in [-0.1, -0.05) is 0 Å². The van der Waals surface area contributed by atoms with Crippen LogP contribution in [0.3, 0.4) is 0 Å². The Hall–Kier alpha value is -1.55. The molecule has 0 bridgehead atoms. The maximum Gasteiger partial charge on any atom is 0.337 e. The third-order valence-corrected chi connectivity index (χ3v) is 4.64. The molecule has 1 atom stereocenters. The average molecular weight is 398 g/mol. The van der Waals surface area contributed by atoms with Gasteiger partial charge < -0.3 is 10.0 Å². The number of benzene rings is 1. The zero-order chi connectivity index (χ0) is 16.7. The zero-order valence-electron chi connectivity index (χ0n) is 10.9. The number of carboxylic acids is 1. The molecule has 0 radical (unpaired) electrons. The Bertz CT molecular complexity index is 752. The van der Waals surface area contributed by atoms with Crippen molar-refractivity contribution in [2.24, 2.45) is 5.92 Å². The molecular weight excluding hydrogens is 388 g/mol. The maximum atomic E-state index is 13.3. The summed E-state index contributed by atoms with van der Waals surface area (Å²) in [7, 11) is -4.75. The molecule has 1 saturated heterocycles. The van der Waals surface area contributed by atoms with Crippen LogP contribution in [-0.4, -0.2) is 37.7 Å². The highest BCUT2D eigenvalue weighted by Gasteiger charge is 2.36. The second-order valence-corrected chi connectivity index (χ2v) is 7.13. The Morgan fingerprint density at radius 3 is 2.64 bits per heavy atom. The van der Waals surface area contributed by atoms with Gasteiger partial charge in [-0.2, -0.15) is 8.42 Å². The van der Waals surface area contributed by atoms with Crippen LogP contribution in [0.15, 0.2) is 16.6 Å². The summed E-state index contributed by atoms with van der Waals surface area (Å²) < 4.78 is 47.4. The molecule has 1 heterocycles. The molecule has 1 aliphatic rings. The van der Waals surface area contributed by atoms with Gasteiger partial charge in [-0.3, -0.25) is 4.79 Å². The fraction of sp³-hybridized carbons (Fsp3) is 0.333. The van der Waals surface area contributed by atoms with Crippen molar-refractivity contribution in [3.05, 3.63) is 28.0 Å². The monoisotopic (exact) mass is 397 g/mol.